The third-order valence-corrected chi connectivity index (χ3v) is 4.38. The van der Waals surface area contributed by atoms with Gasteiger partial charge in [0.1, 0.15) is 5.75 Å². The van der Waals surface area contributed by atoms with Gasteiger partial charge in [0.2, 0.25) is 0 Å². The molecule has 1 amide bonds. The maximum atomic E-state index is 12.4. The third-order valence-electron chi connectivity index (χ3n) is 4.12. The number of phenolic OH excluding ortho intramolecular Hbond substituents is 1. The van der Waals surface area contributed by atoms with Gasteiger partial charge in [0.15, 0.2) is 5.56 Å². The zero-order chi connectivity index (χ0) is 18.8. The maximum Gasteiger partial charge on any atom is 3.00 e. The fourth-order valence-electron chi connectivity index (χ4n) is 2.68. The Bertz CT molecular complexity index is 1120. The molecule has 0 saturated heterocycles. The minimum absolute atomic E-state index is 0. The molecule has 5 nitrogen and oxygen atoms in total. The number of halogens is 1. The first-order valence-corrected chi connectivity index (χ1v) is 8.11. The van der Waals surface area contributed by atoms with E-state index in [1.165, 1.54) is 23.7 Å². The van der Waals surface area contributed by atoms with Crippen LogP contribution in [0.1, 0.15) is 21.5 Å². The van der Waals surface area contributed by atoms with Gasteiger partial charge in [-0.3, -0.25) is 15.5 Å². The molecule has 1 heterocycles. The van der Waals surface area contributed by atoms with E-state index < -0.39 is 11.5 Å². The van der Waals surface area contributed by atoms with Gasteiger partial charge in [-0.25, -0.2) is 0 Å². The second kappa shape index (κ2) is 8.71. The van der Waals surface area contributed by atoms with Gasteiger partial charge in [0.25, 0.3) is 5.91 Å². The van der Waals surface area contributed by atoms with E-state index in [2.05, 4.69) is 5.32 Å². The number of nitrogens with zero attached hydrogens (tertiary/aromatic N) is 1. The number of carbonyl (C=O) groups is 1. The number of fused-ring (bicyclic) bond motifs is 1. The molecule has 2 aromatic carbocycles. The Balaban J connectivity index is 0.00000261. The number of hydrogen-bond donors (Lipinski definition) is 2. The van der Waals surface area contributed by atoms with Gasteiger partial charge in [-0.15, -0.1) is 6.07 Å². The van der Waals surface area contributed by atoms with Crippen molar-refractivity contribution in [2.75, 3.05) is 0 Å². The normalized spacial score (nSPS) is 10.1. The van der Waals surface area contributed by atoms with Crippen LogP contribution in [0.25, 0.3) is 10.9 Å². The summed E-state index contributed by atoms with van der Waals surface area (Å²) in [6.07, 6.45) is 7.21. The summed E-state index contributed by atoms with van der Waals surface area (Å²) < 4.78 is 1.31. The van der Waals surface area contributed by atoms with Gasteiger partial charge in [-0.05, 0) is 29.8 Å². The van der Waals surface area contributed by atoms with E-state index in [4.69, 9.17) is 18.0 Å². The number of carbonyl (C=O) groups excluding carboxylic acids is 1. The Morgan fingerprint density at radius 2 is 1.93 bits per heavy atom. The van der Waals surface area contributed by atoms with Crippen LogP contribution in [0.15, 0.2) is 47.3 Å². The van der Waals surface area contributed by atoms with Crippen LogP contribution in [0.2, 0.25) is 5.02 Å². The number of aromatic hydroxyl groups is 1. The van der Waals surface area contributed by atoms with Gasteiger partial charge in [0.05, 0.1) is 11.1 Å². The Hall–Kier alpha value is -2.13. The SMILES string of the molecule is [C-]#Cc1cc2c(O)c(C(=O)NCc3ccc(Cl)cc3)ccc2n(C)c1=O.[Y+3]. The Morgan fingerprint density at radius 3 is 2.56 bits per heavy atom. The number of pyridine rings is 1. The molecule has 7 heteroatoms. The molecule has 0 atom stereocenters. The number of benzene rings is 2. The van der Waals surface area contributed by atoms with Gasteiger partial charge >= 0.3 is 32.7 Å². The monoisotopic (exact) mass is 454 g/mol. The van der Waals surface area contributed by atoms with Crippen LogP contribution < -0.4 is 10.9 Å². The summed E-state index contributed by atoms with van der Waals surface area (Å²) in [6, 6.07) is 11.5. The Morgan fingerprint density at radius 1 is 1.26 bits per heavy atom. The zero-order valence-electron chi connectivity index (χ0n) is 14.4. The van der Waals surface area contributed by atoms with Gasteiger partial charge in [-0.2, -0.15) is 0 Å². The van der Waals surface area contributed by atoms with E-state index in [9.17, 15) is 14.7 Å². The standard InChI is InChI=1S/C20H14ClN2O3.Y/c1-3-13-10-16-17(23(2)20(13)26)9-8-15(18(16)24)19(25)22-11-12-4-6-14(21)7-5-12;/h4-10,24H,11H2,2H3,(H,22,25);/q-1;+3. The number of hydrogen-bond acceptors (Lipinski definition) is 3. The fraction of sp³-hybridized carbons (Fsp3) is 0.100. The van der Waals surface area contributed by atoms with E-state index in [-0.39, 0.29) is 56.1 Å². The van der Waals surface area contributed by atoms with E-state index in [1.807, 2.05) is 5.92 Å². The van der Waals surface area contributed by atoms with Crippen LogP contribution in [0, 0.1) is 12.3 Å². The number of phenols is 1. The molecule has 1 aromatic heterocycles. The Labute approximate surface area is 186 Å². The summed E-state index contributed by atoms with van der Waals surface area (Å²) in [5.41, 5.74) is 1.02. The van der Waals surface area contributed by atoms with E-state index in [1.54, 1.807) is 30.3 Å². The summed E-state index contributed by atoms with van der Waals surface area (Å²) in [5, 5.41) is 14.2. The molecule has 0 fully saturated rings. The molecule has 0 aliphatic rings. The summed E-state index contributed by atoms with van der Waals surface area (Å²) in [5.74, 6) is 1.35. The van der Waals surface area contributed by atoms with Gasteiger partial charge in [-0.1, -0.05) is 29.3 Å². The van der Waals surface area contributed by atoms with Crippen molar-refractivity contribution in [3.63, 3.8) is 0 Å². The molecule has 3 rings (SSSR count). The number of aryl methyl sites for hydroxylation is 1. The zero-order valence-corrected chi connectivity index (χ0v) is 18.0. The number of amides is 1. The van der Waals surface area contributed by atoms with Crippen LogP contribution in [0.3, 0.4) is 0 Å². The maximum absolute atomic E-state index is 12.4. The second-order valence-corrected chi connectivity index (χ2v) is 6.19. The van der Waals surface area contributed by atoms with Gasteiger partial charge in [0, 0.05) is 24.0 Å². The molecular weight excluding hydrogens is 441 g/mol. The molecule has 0 aliphatic carbocycles. The predicted octanol–water partition coefficient (Wildman–Crippen LogP) is 2.76. The van der Waals surface area contributed by atoms with Crippen molar-refractivity contribution >= 4 is 28.4 Å². The first-order valence-electron chi connectivity index (χ1n) is 7.73. The fourth-order valence-corrected chi connectivity index (χ4v) is 2.81. The van der Waals surface area contributed by atoms with Crippen molar-refractivity contribution in [1.29, 1.82) is 0 Å². The van der Waals surface area contributed by atoms with Crippen molar-refractivity contribution in [1.82, 2.24) is 9.88 Å². The predicted molar refractivity (Wildman–Crippen MR) is 99.7 cm³/mol. The minimum Gasteiger partial charge on any atom is -0.506 e. The molecule has 27 heavy (non-hydrogen) atoms. The van der Waals surface area contributed by atoms with Gasteiger partial charge < -0.3 is 21.4 Å². The average Bonchev–Trinajstić information content (AvgIpc) is 2.64. The molecular formula is C20H14ClN2O3Y+2. The number of rotatable bonds is 3. The topological polar surface area (TPSA) is 71.3 Å². The molecule has 0 spiro atoms. The summed E-state index contributed by atoms with van der Waals surface area (Å²) >= 11 is 5.83. The quantitative estimate of drug-likeness (QED) is 0.472. The number of nitrogens with one attached hydrogen (secondary N) is 1. The molecule has 0 aliphatic heterocycles. The molecule has 2 N–H and O–H groups in total. The van der Waals surface area contributed by atoms with Crippen LogP contribution in [-0.2, 0) is 46.3 Å². The summed E-state index contributed by atoms with van der Waals surface area (Å²) in [4.78, 5) is 24.5. The van der Waals surface area contributed by atoms with Crippen molar-refractivity contribution in [2.24, 2.45) is 7.05 Å². The van der Waals surface area contributed by atoms with Crippen molar-refractivity contribution in [3.8, 4) is 11.7 Å². The molecule has 0 saturated carbocycles. The largest absolute Gasteiger partial charge is 3.00 e. The van der Waals surface area contributed by atoms with Crippen molar-refractivity contribution < 1.29 is 42.6 Å². The van der Waals surface area contributed by atoms with Crippen LogP contribution in [0.5, 0.6) is 5.75 Å². The smallest absolute Gasteiger partial charge is 0.506 e. The van der Waals surface area contributed by atoms with E-state index in [0.717, 1.165) is 5.56 Å². The van der Waals surface area contributed by atoms with Crippen LogP contribution >= 0.6 is 11.6 Å². The van der Waals surface area contributed by atoms with Crippen LogP contribution in [-0.4, -0.2) is 15.6 Å². The first kappa shape index (κ1) is 21.2. The number of aromatic nitrogens is 1. The van der Waals surface area contributed by atoms with Crippen molar-refractivity contribution in [2.45, 2.75) is 6.54 Å². The minimum atomic E-state index is -0.450. The molecule has 130 valence electrons. The summed E-state index contributed by atoms with van der Waals surface area (Å²) in [7, 11) is 1.53. The molecule has 3 aromatic rings. The molecule has 0 unspecified atom stereocenters. The summed E-state index contributed by atoms with van der Waals surface area (Å²) in [6.45, 7) is 0.278. The molecule has 0 bridgehead atoms. The molecule has 0 radical (unpaired) electrons. The van der Waals surface area contributed by atoms with Crippen LogP contribution in [0.4, 0.5) is 0 Å². The van der Waals surface area contributed by atoms with E-state index >= 15 is 0 Å². The van der Waals surface area contributed by atoms with E-state index in [0.29, 0.717) is 15.9 Å². The average molecular weight is 455 g/mol. The first-order chi connectivity index (χ1) is 12.4. The van der Waals surface area contributed by atoms with Crippen molar-refractivity contribution in [3.05, 3.63) is 81.0 Å². The Kier molecular flexibility index (Phi) is 6.83. The second-order valence-electron chi connectivity index (χ2n) is 5.75. The third kappa shape index (κ3) is 4.25.